The van der Waals surface area contributed by atoms with Crippen LogP contribution in [0.25, 0.3) is 0 Å². The number of aromatic amines is 1. The lowest BCUT2D eigenvalue weighted by atomic mass is 10.1. The predicted molar refractivity (Wildman–Crippen MR) is 136 cm³/mol. The van der Waals surface area contributed by atoms with E-state index in [0.29, 0.717) is 11.6 Å². The number of rotatable bonds is 10. The molecule has 0 saturated carbocycles. The third kappa shape index (κ3) is 6.08. The van der Waals surface area contributed by atoms with E-state index in [1.54, 1.807) is 11.0 Å². The Morgan fingerprint density at radius 3 is 2.50 bits per heavy atom. The van der Waals surface area contributed by atoms with E-state index in [1.165, 1.54) is 4.57 Å². The van der Waals surface area contributed by atoms with Gasteiger partial charge in [-0.1, -0.05) is 73.5 Å². The lowest BCUT2D eigenvalue weighted by Gasteiger charge is -2.27. The molecule has 0 aliphatic rings. The normalized spacial score (nSPS) is 11.7. The maximum atomic E-state index is 13.0. The molecule has 4 N–H and O–H groups in total. The smallest absolute Gasteiger partial charge is 0.330 e. The standard InChI is InChI=1S/C25H30ClN5O3/c1-3-4-14-31-23(27)22(24(33)29-25(31)34)30(15-18-10-6-5-7-11-18)16-21(32)28-17(2)19-12-8-9-13-20(19)26/h5-13,17H,3-4,14-16,27H2,1-2H3,(H,28,32)(H,29,33,34). The molecule has 0 aliphatic heterocycles. The number of nitrogens with zero attached hydrogens (tertiary/aromatic N) is 2. The van der Waals surface area contributed by atoms with Crippen molar-refractivity contribution in [1.82, 2.24) is 14.9 Å². The van der Waals surface area contributed by atoms with Gasteiger partial charge in [-0.2, -0.15) is 0 Å². The number of aromatic nitrogens is 2. The molecule has 1 amide bonds. The molecule has 3 aromatic rings. The highest BCUT2D eigenvalue weighted by Crippen LogP contribution is 2.23. The van der Waals surface area contributed by atoms with Crippen molar-refractivity contribution in [3.63, 3.8) is 0 Å². The van der Waals surface area contributed by atoms with Gasteiger partial charge in [0.05, 0.1) is 12.6 Å². The van der Waals surface area contributed by atoms with Gasteiger partial charge in [0.25, 0.3) is 5.56 Å². The molecule has 3 rings (SSSR count). The van der Waals surface area contributed by atoms with Crippen LogP contribution in [0.4, 0.5) is 11.5 Å². The van der Waals surface area contributed by atoms with Crippen LogP contribution in [0.15, 0.2) is 64.2 Å². The van der Waals surface area contributed by atoms with Crippen LogP contribution < -0.4 is 27.2 Å². The number of nitrogen functional groups attached to an aromatic ring is 1. The summed E-state index contributed by atoms with van der Waals surface area (Å²) in [6.07, 6.45) is 1.58. The van der Waals surface area contributed by atoms with Gasteiger partial charge < -0.3 is 16.0 Å². The van der Waals surface area contributed by atoms with Gasteiger partial charge >= 0.3 is 5.69 Å². The lowest BCUT2D eigenvalue weighted by Crippen LogP contribution is -2.43. The molecule has 1 heterocycles. The van der Waals surface area contributed by atoms with E-state index < -0.39 is 11.2 Å². The van der Waals surface area contributed by atoms with Gasteiger partial charge in [0.15, 0.2) is 0 Å². The average molecular weight is 484 g/mol. The van der Waals surface area contributed by atoms with E-state index in [-0.39, 0.29) is 36.5 Å². The maximum absolute atomic E-state index is 13.0. The van der Waals surface area contributed by atoms with Gasteiger partial charge in [-0.15, -0.1) is 0 Å². The largest absolute Gasteiger partial charge is 0.383 e. The number of H-pyrrole nitrogens is 1. The van der Waals surface area contributed by atoms with E-state index in [9.17, 15) is 14.4 Å². The van der Waals surface area contributed by atoms with E-state index in [2.05, 4.69) is 10.3 Å². The number of amides is 1. The molecule has 0 aliphatic carbocycles. The monoisotopic (exact) mass is 483 g/mol. The summed E-state index contributed by atoms with van der Waals surface area (Å²) in [7, 11) is 0. The fourth-order valence-electron chi connectivity index (χ4n) is 3.80. The Morgan fingerprint density at radius 1 is 1.15 bits per heavy atom. The molecule has 8 nitrogen and oxygen atoms in total. The van der Waals surface area contributed by atoms with Crippen LogP contribution in [0.2, 0.25) is 5.02 Å². The summed E-state index contributed by atoms with van der Waals surface area (Å²) >= 11 is 6.27. The minimum atomic E-state index is -0.627. The number of hydrogen-bond donors (Lipinski definition) is 3. The van der Waals surface area contributed by atoms with Crippen LogP contribution in [-0.4, -0.2) is 22.0 Å². The number of halogens is 1. The quantitative estimate of drug-likeness (QED) is 0.408. The van der Waals surface area contributed by atoms with Gasteiger partial charge in [0, 0.05) is 18.1 Å². The fourth-order valence-corrected chi connectivity index (χ4v) is 4.10. The van der Waals surface area contributed by atoms with Crippen molar-refractivity contribution < 1.29 is 4.79 Å². The molecule has 1 unspecified atom stereocenters. The van der Waals surface area contributed by atoms with E-state index in [4.69, 9.17) is 17.3 Å². The van der Waals surface area contributed by atoms with Crippen LogP contribution in [0.5, 0.6) is 0 Å². The molecule has 0 saturated heterocycles. The highest BCUT2D eigenvalue weighted by Gasteiger charge is 2.22. The van der Waals surface area contributed by atoms with Crippen LogP contribution in [-0.2, 0) is 17.9 Å². The summed E-state index contributed by atoms with van der Waals surface area (Å²) in [6, 6.07) is 16.4. The summed E-state index contributed by atoms with van der Waals surface area (Å²) in [5.41, 5.74) is 6.91. The number of nitrogens with one attached hydrogen (secondary N) is 2. The molecule has 1 atom stereocenters. The molecule has 0 radical (unpaired) electrons. The topological polar surface area (TPSA) is 113 Å². The zero-order chi connectivity index (χ0) is 24.7. The number of hydrogen-bond acceptors (Lipinski definition) is 5. The summed E-state index contributed by atoms with van der Waals surface area (Å²) < 4.78 is 1.35. The average Bonchev–Trinajstić information content (AvgIpc) is 2.79. The Balaban J connectivity index is 1.93. The zero-order valence-corrected chi connectivity index (χ0v) is 20.1. The second kappa shape index (κ2) is 11.6. The Bertz CT molecular complexity index is 1240. The van der Waals surface area contributed by atoms with Crippen molar-refractivity contribution in [2.75, 3.05) is 17.2 Å². The first-order chi connectivity index (χ1) is 16.3. The highest BCUT2D eigenvalue weighted by atomic mass is 35.5. The first-order valence-corrected chi connectivity index (χ1v) is 11.6. The minimum absolute atomic E-state index is 0.0464. The van der Waals surface area contributed by atoms with Crippen LogP contribution in [0, 0.1) is 0 Å². The Kier molecular flexibility index (Phi) is 8.54. The van der Waals surface area contributed by atoms with Crippen molar-refractivity contribution in [2.24, 2.45) is 0 Å². The van der Waals surface area contributed by atoms with Crippen LogP contribution in [0.1, 0.15) is 43.9 Å². The van der Waals surface area contributed by atoms with Crippen molar-refractivity contribution in [1.29, 1.82) is 0 Å². The fraction of sp³-hybridized carbons (Fsp3) is 0.320. The predicted octanol–water partition coefficient (Wildman–Crippen LogP) is 3.46. The molecule has 2 aromatic carbocycles. The third-order valence-electron chi connectivity index (χ3n) is 5.57. The number of benzene rings is 2. The minimum Gasteiger partial charge on any atom is -0.383 e. The van der Waals surface area contributed by atoms with Gasteiger partial charge in [-0.25, -0.2) is 4.79 Å². The van der Waals surface area contributed by atoms with E-state index >= 15 is 0 Å². The summed E-state index contributed by atoms with van der Waals surface area (Å²) in [5.74, 6) is -0.265. The number of carbonyl (C=O) groups excluding carboxylic acids is 1. The molecule has 1 aromatic heterocycles. The first kappa shape index (κ1) is 25.1. The molecule has 9 heteroatoms. The second-order valence-electron chi connectivity index (χ2n) is 8.15. The van der Waals surface area contributed by atoms with Gasteiger partial charge in [0.2, 0.25) is 5.91 Å². The summed E-state index contributed by atoms with van der Waals surface area (Å²) in [5, 5.41) is 3.49. The molecular weight excluding hydrogens is 454 g/mol. The van der Waals surface area contributed by atoms with Crippen molar-refractivity contribution >= 4 is 29.0 Å². The second-order valence-corrected chi connectivity index (χ2v) is 8.56. The SMILES string of the molecule is CCCCn1c(N)c(N(CC(=O)NC(C)c2ccccc2Cl)Cc2ccccc2)c(=O)[nH]c1=O. The van der Waals surface area contributed by atoms with Crippen molar-refractivity contribution in [2.45, 2.75) is 45.8 Å². The Morgan fingerprint density at radius 2 is 1.82 bits per heavy atom. The number of carbonyl (C=O) groups is 1. The number of anilines is 2. The molecule has 34 heavy (non-hydrogen) atoms. The molecular formula is C25H30ClN5O3. The highest BCUT2D eigenvalue weighted by molar-refractivity contribution is 6.31. The van der Waals surface area contributed by atoms with Gasteiger partial charge in [-0.05, 0) is 30.5 Å². The van der Waals surface area contributed by atoms with Crippen molar-refractivity contribution in [3.05, 3.63) is 91.6 Å². The maximum Gasteiger partial charge on any atom is 0.330 e. The van der Waals surface area contributed by atoms with Crippen molar-refractivity contribution in [3.8, 4) is 0 Å². The molecule has 0 spiro atoms. The molecule has 0 bridgehead atoms. The Labute approximate surface area is 203 Å². The van der Waals surface area contributed by atoms with E-state index in [1.807, 2.05) is 62.4 Å². The number of unbranched alkanes of at least 4 members (excludes halogenated alkanes) is 1. The number of nitrogens with two attached hydrogens (primary N) is 1. The third-order valence-corrected chi connectivity index (χ3v) is 5.91. The zero-order valence-electron chi connectivity index (χ0n) is 19.4. The van der Waals surface area contributed by atoms with E-state index in [0.717, 1.165) is 24.0 Å². The van der Waals surface area contributed by atoms with Gasteiger partial charge in [0.1, 0.15) is 11.5 Å². The molecule has 180 valence electrons. The van der Waals surface area contributed by atoms with Crippen LogP contribution in [0.3, 0.4) is 0 Å². The summed E-state index contributed by atoms with van der Waals surface area (Å²) in [6.45, 7) is 4.34. The molecule has 0 fully saturated rings. The first-order valence-electron chi connectivity index (χ1n) is 11.3. The van der Waals surface area contributed by atoms with Gasteiger partial charge in [-0.3, -0.25) is 19.1 Å². The van der Waals surface area contributed by atoms with Crippen LogP contribution >= 0.6 is 11.6 Å². The Hall–Kier alpha value is -3.52. The summed E-state index contributed by atoms with van der Waals surface area (Å²) in [4.78, 5) is 42.2. The lowest BCUT2D eigenvalue weighted by molar-refractivity contribution is -0.120.